The quantitative estimate of drug-likeness (QED) is 0.161. The minimum atomic E-state index is -1.07. The summed E-state index contributed by atoms with van der Waals surface area (Å²) in [7, 11) is 2.47. The maximum absolute atomic E-state index is 16.1. The summed E-state index contributed by atoms with van der Waals surface area (Å²) in [4.78, 5) is 70.7. The number of aromatic nitrogens is 4. The third-order valence-electron chi connectivity index (χ3n) is 11.6. The summed E-state index contributed by atoms with van der Waals surface area (Å²) in [6.07, 6.45) is 4.81. The first kappa shape index (κ1) is 43.1. The average Bonchev–Trinajstić information content (AvgIpc) is 4.10. The zero-order chi connectivity index (χ0) is 43.4. The smallest absolute Gasteiger partial charge is 0.407 e. The normalized spacial score (nSPS) is 21.3. The molecule has 4 amide bonds. The van der Waals surface area contributed by atoms with E-state index in [9.17, 15) is 19.2 Å². The molecular formula is C43H52F2N8O8. The fourth-order valence-electron chi connectivity index (χ4n) is 8.30. The standard InChI is InChI=1S/C43H52F2N8O8/c1-23(2)36(50-42(56)58-4)40(54)52-16-8-10-31(52)39-47-22-30(49-39)28-15-14-26(34(44)35(28)45)25-12-13-27-29-21-46-38(48-29)32-11-9-17-53(32)41(55)37(51-43(57)59-5)24(3)60-18-6-7-19-61-33(27)20-25/h12-15,20-24,31-32,36-37H,6-11,16-19H2,1-5H3,(H,46,48)(H,47,49)(H,50,56)(H,51,57)/t24-,31-,32-,36-,37-/m0/s1. The van der Waals surface area contributed by atoms with Gasteiger partial charge in [0.1, 0.15) is 29.5 Å². The van der Waals surface area contributed by atoms with Crippen molar-refractivity contribution in [2.45, 2.75) is 89.6 Å². The molecule has 0 spiro atoms. The number of carbonyl (C=O) groups is 4. The van der Waals surface area contributed by atoms with Crippen LogP contribution >= 0.6 is 0 Å². The summed E-state index contributed by atoms with van der Waals surface area (Å²) in [5, 5.41) is 5.27. The van der Waals surface area contributed by atoms with Crippen molar-refractivity contribution in [3.05, 3.63) is 66.0 Å². The van der Waals surface area contributed by atoms with Gasteiger partial charge in [0.05, 0.1) is 62.8 Å². The molecule has 326 valence electrons. The monoisotopic (exact) mass is 846 g/mol. The number of aromatic amines is 2. The van der Waals surface area contributed by atoms with E-state index < -0.39 is 48.1 Å². The molecule has 2 bridgehead atoms. The summed E-state index contributed by atoms with van der Waals surface area (Å²) in [6.45, 7) is 6.87. The summed E-state index contributed by atoms with van der Waals surface area (Å²) in [5.41, 5.74) is 1.88. The molecule has 2 fully saturated rings. The molecule has 0 saturated carbocycles. The number of alkyl carbamates (subject to hydrolysis) is 2. The number of rotatable bonds is 7. The van der Waals surface area contributed by atoms with Crippen LogP contribution in [0.5, 0.6) is 5.75 Å². The number of ether oxygens (including phenoxy) is 4. The van der Waals surface area contributed by atoms with Crippen LogP contribution in [0.2, 0.25) is 0 Å². The molecule has 4 aromatic rings. The molecule has 2 aromatic heterocycles. The molecule has 2 aromatic carbocycles. The third-order valence-corrected chi connectivity index (χ3v) is 11.6. The van der Waals surface area contributed by atoms with Gasteiger partial charge in [-0.05, 0) is 75.1 Å². The molecule has 5 heterocycles. The van der Waals surface area contributed by atoms with Crippen LogP contribution in [0.4, 0.5) is 18.4 Å². The molecule has 61 heavy (non-hydrogen) atoms. The van der Waals surface area contributed by atoms with Crippen LogP contribution in [-0.2, 0) is 23.8 Å². The molecule has 18 heteroatoms. The van der Waals surface area contributed by atoms with E-state index in [-0.39, 0.29) is 47.2 Å². The number of hydrogen-bond donors (Lipinski definition) is 4. The lowest BCUT2D eigenvalue weighted by molar-refractivity contribution is -0.138. The maximum atomic E-state index is 16.1. The van der Waals surface area contributed by atoms with Crippen LogP contribution in [0.25, 0.3) is 33.6 Å². The topological polar surface area (TPSA) is 193 Å². The zero-order valence-electron chi connectivity index (χ0n) is 34.9. The van der Waals surface area contributed by atoms with Crippen LogP contribution in [0.1, 0.15) is 83.0 Å². The van der Waals surface area contributed by atoms with Crippen molar-refractivity contribution in [3.63, 3.8) is 0 Å². The minimum absolute atomic E-state index is 0.0212. The Kier molecular flexibility index (Phi) is 13.2. The fourth-order valence-corrected chi connectivity index (χ4v) is 8.30. The first-order chi connectivity index (χ1) is 29.4. The lowest BCUT2D eigenvalue weighted by atomic mass is 9.99. The number of imidazole rings is 2. The van der Waals surface area contributed by atoms with Crippen LogP contribution in [0, 0.1) is 17.6 Å². The van der Waals surface area contributed by atoms with E-state index in [0.29, 0.717) is 86.0 Å². The second-order valence-electron chi connectivity index (χ2n) is 15.8. The predicted molar refractivity (Wildman–Crippen MR) is 218 cm³/mol. The molecule has 0 radical (unpaired) electrons. The van der Waals surface area contributed by atoms with Gasteiger partial charge in [-0.15, -0.1) is 0 Å². The Morgan fingerprint density at radius 1 is 0.836 bits per heavy atom. The van der Waals surface area contributed by atoms with E-state index in [4.69, 9.17) is 18.9 Å². The van der Waals surface area contributed by atoms with Crippen molar-refractivity contribution in [2.24, 2.45) is 5.92 Å². The molecule has 3 aliphatic heterocycles. The van der Waals surface area contributed by atoms with Crippen molar-refractivity contribution in [2.75, 3.05) is 40.5 Å². The number of halogens is 2. The number of carbonyl (C=O) groups excluding carboxylic acids is 4. The second kappa shape index (κ2) is 18.7. The fraction of sp³-hybridized carbons (Fsp3) is 0.488. The van der Waals surface area contributed by atoms with E-state index in [1.807, 2.05) is 13.8 Å². The van der Waals surface area contributed by atoms with Gasteiger partial charge in [0, 0.05) is 36.4 Å². The molecule has 0 aliphatic carbocycles. The van der Waals surface area contributed by atoms with Gasteiger partial charge >= 0.3 is 12.2 Å². The van der Waals surface area contributed by atoms with Gasteiger partial charge in [0.25, 0.3) is 0 Å². The Balaban J connectivity index is 1.14. The Labute approximate surface area is 352 Å². The molecular weight excluding hydrogens is 795 g/mol. The number of hydrogen-bond acceptors (Lipinski definition) is 10. The number of amides is 4. The van der Waals surface area contributed by atoms with Gasteiger partial charge in [-0.1, -0.05) is 26.0 Å². The average molecular weight is 847 g/mol. The number of likely N-dealkylation sites (tertiary alicyclic amines) is 1. The number of methoxy groups -OCH3 is 2. The Hall–Kier alpha value is -6.04. The Morgan fingerprint density at radius 2 is 1.46 bits per heavy atom. The van der Waals surface area contributed by atoms with Crippen molar-refractivity contribution >= 4 is 24.0 Å². The molecule has 5 atom stereocenters. The van der Waals surface area contributed by atoms with E-state index in [1.165, 1.54) is 32.5 Å². The highest BCUT2D eigenvalue weighted by Gasteiger charge is 2.40. The summed E-state index contributed by atoms with van der Waals surface area (Å²) in [5.74, 6) is -1.52. The van der Waals surface area contributed by atoms with Gasteiger partial charge in [-0.25, -0.2) is 28.3 Å². The minimum Gasteiger partial charge on any atom is -0.493 e. The van der Waals surface area contributed by atoms with Gasteiger partial charge in [0.15, 0.2) is 11.6 Å². The first-order valence-corrected chi connectivity index (χ1v) is 20.7. The number of nitrogens with one attached hydrogen (secondary N) is 4. The van der Waals surface area contributed by atoms with Crippen LogP contribution in [0.3, 0.4) is 0 Å². The van der Waals surface area contributed by atoms with E-state index in [2.05, 4.69) is 30.6 Å². The van der Waals surface area contributed by atoms with Gasteiger partial charge < -0.3 is 49.3 Å². The number of fused-ring (bicyclic) bond motifs is 6. The van der Waals surface area contributed by atoms with Crippen LogP contribution < -0.4 is 15.4 Å². The van der Waals surface area contributed by atoms with E-state index >= 15 is 8.78 Å². The van der Waals surface area contributed by atoms with Crippen LogP contribution in [-0.4, -0.2) is 112 Å². The summed E-state index contributed by atoms with van der Waals surface area (Å²) in [6, 6.07) is 5.47. The van der Waals surface area contributed by atoms with Gasteiger partial charge in [-0.2, -0.15) is 0 Å². The Bertz CT molecular complexity index is 2250. The second-order valence-corrected chi connectivity index (χ2v) is 15.8. The van der Waals surface area contributed by atoms with E-state index in [1.54, 1.807) is 41.1 Å². The SMILES string of the molecule is COC(=O)N[C@H](C(=O)N1CCC[C@H]1c1ncc(-c2ccc(-c3ccc4c(c3)OCCCCO[C@@H](C)[C@H](NC(=O)OC)C(=O)N3CCC[C@H]3c3ncc-4[nH]3)c(F)c2F)[nH]1)C(C)C. The lowest BCUT2D eigenvalue weighted by Crippen LogP contribution is -2.54. The molecule has 0 unspecified atom stereocenters. The van der Waals surface area contributed by atoms with Gasteiger partial charge in [-0.3, -0.25) is 9.59 Å². The molecule has 7 rings (SSSR count). The lowest BCUT2D eigenvalue weighted by Gasteiger charge is -2.31. The molecule has 4 N–H and O–H groups in total. The number of nitrogens with zero attached hydrogens (tertiary/aromatic N) is 4. The highest BCUT2D eigenvalue weighted by atomic mass is 19.2. The summed E-state index contributed by atoms with van der Waals surface area (Å²) >= 11 is 0. The summed E-state index contributed by atoms with van der Waals surface area (Å²) < 4.78 is 54.1. The number of benzene rings is 2. The molecule has 2 saturated heterocycles. The highest BCUT2D eigenvalue weighted by molar-refractivity contribution is 5.87. The van der Waals surface area contributed by atoms with Crippen molar-refractivity contribution in [1.29, 1.82) is 0 Å². The number of H-pyrrole nitrogens is 2. The van der Waals surface area contributed by atoms with Crippen molar-refractivity contribution < 1.29 is 46.9 Å². The third kappa shape index (κ3) is 9.04. The van der Waals surface area contributed by atoms with E-state index in [0.717, 1.165) is 6.42 Å². The highest BCUT2D eigenvalue weighted by Crippen LogP contribution is 2.39. The maximum Gasteiger partial charge on any atom is 0.407 e. The largest absolute Gasteiger partial charge is 0.493 e. The first-order valence-electron chi connectivity index (χ1n) is 20.7. The predicted octanol–water partition coefficient (Wildman–Crippen LogP) is 6.42. The van der Waals surface area contributed by atoms with Crippen LogP contribution in [0.15, 0.2) is 42.7 Å². The molecule has 3 aliphatic rings. The molecule has 16 nitrogen and oxygen atoms in total. The van der Waals surface area contributed by atoms with Crippen molar-refractivity contribution in [3.8, 4) is 39.4 Å². The zero-order valence-corrected chi connectivity index (χ0v) is 34.9. The Morgan fingerprint density at radius 3 is 2.18 bits per heavy atom. The van der Waals surface area contributed by atoms with Crippen molar-refractivity contribution in [1.82, 2.24) is 40.4 Å². The van der Waals surface area contributed by atoms with Gasteiger partial charge in [0.2, 0.25) is 11.8 Å².